The van der Waals surface area contributed by atoms with Gasteiger partial charge in [-0.25, -0.2) is 8.78 Å². The summed E-state index contributed by atoms with van der Waals surface area (Å²) in [5.74, 6) is 0.181. The molecular weight excluding hydrogens is 526 g/mol. The molecule has 0 heterocycles. The predicted octanol–water partition coefficient (Wildman–Crippen LogP) is 6.97. The van der Waals surface area contributed by atoms with E-state index in [4.69, 9.17) is 9.84 Å². The van der Waals surface area contributed by atoms with E-state index in [1.807, 2.05) is 0 Å². The minimum absolute atomic E-state index is 0.0522. The number of halogens is 5. The molecule has 2 aromatic carbocycles. The molecule has 0 bridgehead atoms. The predicted molar refractivity (Wildman–Crippen MR) is 105 cm³/mol. The topological polar surface area (TPSA) is 29.5 Å². The number of ether oxygens (including phenoxy) is 1. The van der Waals surface area contributed by atoms with Gasteiger partial charge in [0.1, 0.15) is 23.1 Å². The van der Waals surface area contributed by atoms with Gasteiger partial charge < -0.3 is 9.84 Å². The summed E-state index contributed by atoms with van der Waals surface area (Å²) in [5.41, 5.74) is 0. The van der Waals surface area contributed by atoms with E-state index in [-0.39, 0.29) is 17.4 Å². The Morgan fingerprint density at radius 1 is 0.880 bits per heavy atom. The molecule has 0 spiro atoms. The molecule has 0 atom stereocenters. The Bertz CT molecular complexity index is 705. The summed E-state index contributed by atoms with van der Waals surface area (Å²) in [4.78, 5) is 0.896. The van der Waals surface area contributed by atoms with Gasteiger partial charge >= 0.3 is 0 Å². The summed E-state index contributed by atoms with van der Waals surface area (Å²) in [6.45, 7) is 0. The zero-order chi connectivity index (χ0) is 18.4. The Kier molecular flexibility index (Phi) is 8.16. The number of hydrogen-bond acceptors (Lipinski definition) is 2. The Labute approximate surface area is 171 Å². The van der Waals surface area contributed by atoms with Crippen LogP contribution in [0.15, 0.2) is 45.3 Å². The third kappa shape index (κ3) is 8.51. The second kappa shape index (κ2) is 9.88. The number of phenols is 1. The summed E-state index contributed by atoms with van der Waals surface area (Å²) in [7, 11) is 0. The van der Waals surface area contributed by atoms with Crippen LogP contribution in [0, 0.1) is 11.6 Å². The first-order valence-corrected chi connectivity index (χ1v) is 10.2. The molecule has 0 radical (unpaired) electrons. The summed E-state index contributed by atoms with van der Waals surface area (Å²) in [6, 6.07) is 8.16. The zero-order valence-electron chi connectivity index (χ0n) is 13.2. The number of alkyl halides is 1. The van der Waals surface area contributed by atoms with Gasteiger partial charge in [-0.2, -0.15) is 0 Å². The van der Waals surface area contributed by atoms with E-state index in [2.05, 4.69) is 47.8 Å². The van der Waals surface area contributed by atoms with Crippen molar-refractivity contribution in [2.75, 3.05) is 0 Å². The van der Waals surface area contributed by atoms with Crippen LogP contribution in [0.5, 0.6) is 11.5 Å². The molecule has 7 heteroatoms. The van der Waals surface area contributed by atoms with E-state index in [0.29, 0.717) is 15.0 Å². The monoisotopic (exact) mass is 540 g/mol. The molecule has 0 aliphatic heterocycles. The van der Waals surface area contributed by atoms with Gasteiger partial charge in [0.05, 0.1) is 15.0 Å². The van der Waals surface area contributed by atoms with Gasteiger partial charge in [0.15, 0.2) is 0 Å². The first kappa shape index (κ1) is 20.6. The van der Waals surface area contributed by atoms with Gasteiger partial charge in [0, 0.05) is 4.83 Å². The minimum atomic E-state index is -0.361. The minimum Gasteiger partial charge on any atom is -0.507 e. The second-order valence-corrected chi connectivity index (χ2v) is 8.67. The van der Waals surface area contributed by atoms with E-state index >= 15 is 0 Å². The van der Waals surface area contributed by atoms with Crippen LogP contribution >= 0.6 is 47.8 Å². The van der Waals surface area contributed by atoms with Gasteiger partial charge in [-0.1, -0.05) is 15.9 Å². The van der Waals surface area contributed by atoms with Crippen LogP contribution in [0.2, 0.25) is 0 Å². The van der Waals surface area contributed by atoms with Crippen LogP contribution in [0.1, 0.15) is 25.7 Å². The van der Waals surface area contributed by atoms with E-state index in [0.717, 1.165) is 23.4 Å². The number of hydrogen-bond donors (Lipinski definition) is 1. The van der Waals surface area contributed by atoms with E-state index in [1.54, 1.807) is 6.07 Å². The van der Waals surface area contributed by atoms with Crippen molar-refractivity contribution in [2.24, 2.45) is 0 Å². The molecule has 2 fully saturated rings. The third-order valence-corrected chi connectivity index (χ3v) is 5.30. The van der Waals surface area contributed by atoms with Crippen LogP contribution in [0.3, 0.4) is 0 Å². The van der Waals surface area contributed by atoms with Crippen molar-refractivity contribution in [3.63, 3.8) is 0 Å². The lowest BCUT2D eigenvalue weighted by Crippen LogP contribution is -1.96. The molecule has 25 heavy (non-hydrogen) atoms. The molecule has 136 valence electrons. The van der Waals surface area contributed by atoms with Gasteiger partial charge in [0.2, 0.25) is 0 Å². The molecule has 0 unspecified atom stereocenters. The van der Waals surface area contributed by atoms with Crippen LogP contribution in [-0.2, 0) is 0 Å². The summed E-state index contributed by atoms with van der Waals surface area (Å²) < 4.78 is 31.4. The fourth-order valence-corrected chi connectivity index (χ4v) is 2.54. The highest BCUT2D eigenvalue weighted by molar-refractivity contribution is 9.11. The SMILES string of the molecule is BrC1CC1.Fc1ccc(OC2CC2)c(Br)c1.Oc1ccc(F)cc1Br. The van der Waals surface area contributed by atoms with Gasteiger partial charge in [-0.05, 0) is 93.9 Å². The van der Waals surface area contributed by atoms with E-state index in [9.17, 15) is 8.78 Å². The molecule has 0 amide bonds. The van der Waals surface area contributed by atoms with Crippen molar-refractivity contribution in [1.82, 2.24) is 0 Å². The average Bonchev–Trinajstić information content (AvgIpc) is 3.46. The average molecular weight is 543 g/mol. The summed E-state index contributed by atoms with van der Waals surface area (Å²) in [6.07, 6.45) is 5.39. The smallest absolute Gasteiger partial charge is 0.134 e. The maximum Gasteiger partial charge on any atom is 0.134 e. The van der Waals surface area contributed by atoms with E-state index in [1.165, 1.54) is 43.2 Å². The Hall–Kier alpha value is -0.660. The summed E-state index contributed by atoms with van der Waals surface area (Å²) >= 11 is 9.58. The lowest BCUT2D eigenvalue weighted by molar-refractivity contribution is 0.300. The molecule has 2 aromatic rings. The third-order valence-electron chi connectivity index (χ3n) is 3.13. The quantitative estimate of drug-likeness (QED) is 0.415. The first-order valence-electron chi connectivity index (χ1n) is 7.75. The Morgan fingerprint density at radius 2 is 1.40 bits per heavy atom. The van der Waals surface area contributed by atoms with Crippen LogP contribution in [0.25, 0.3) is 0 Å². The van der Waals surface area contributed by atoms with Crippen molar-refractivity contribution in [3.05, 3.63) is 57.0 Å². The number of phenolic OH excluding ortho intramolecular Hbond substituents is 1. The van der Waals surface area contributed by atoms with Crippen molar-refractivity contribution in [1.29, 1.82) is 0 Å². The Morgan fingerprint density at radius 3 is 1.80 bits per heavy atom. The number of rotatable bonds is 2. The fourth-order valence-electron chi connectivity index (χ4n) is 1.48. The van der Waals surface area contributed by atoms with Crippen molar-refractivity contribution in [3.8, 4) is 11.5 Å². The standard InChI is InChI=1S/C9H8BrFO.C6H4BrFO.C3H5Br/c10-8-5-6(11)1-4-9(8)12-7-2-3-7;7-5-3-4(8)1-2-6(5)9;4-3-1-2-3/h1,4-5,7H,2-3H2;1-3,9H;3H,1-2H2. The molecular formula is C18H17Br3F2O2. The van der Waals surface area contributed by atoms with Crippen LogP contribution < -0.4 is 4.74 Å². The van der Waals surface area contributed by atoms with E-state index < -0.39 is 0 Å². The van der Waals surface area contributed by atoms with Crippen molar-refractivity contribution < 1.29 is 18.6 Å². The lowest BCUT2D eigenvalue weighted by atomic mass is 10.3. The first-order chi connectivity index (χ1) is 11.8. The molecule has 2 aliphatic carbocycles. The van der Waals surface area contributed by atoms with Crippen LogP contribution in [0.4, 0.5) is 8.78 Å². The van der Waals surface area contributed by atoms with Crippen LogP contribution in [-0.4, -0.2) is 16.0 Å². The maximum atomic E-state index is 12.6. The Balaban J connectivity index is 0.000000152. The fraction of sp³-hybridized carbons (Fsp3) is 0.333. The highest BCUT2D eigenvalue weighted by Crippen LogP contribution is 2.32. The van der Waals surface area contributed by atoms with Crippen molar-refractivity contribution in [2.45, 2.75) is 36.6 Å². The second-order valence-electron chi connectivity index (χ2n) is 5.66. The highest BCUT2D eigenvalue weighted by Gasteiger charge is 2.24. The number of benzene rings is 2. The van der Waals surface area contributed by atoms with Gasteiger partial charge in [-0.3, -0.25) is 0 Å². The molecule has 1 N–H and O–H groups in total. The molecule has 0 aromatic heterocycles. The number of aromatic hydroxyl groups is 1. The molecule has 0 saturated heterocycles. The molecule has 2 nitrogen and oxygen atoms in total. The largest absolute Gasteiger partial charge is 0.507 e. The summed E-state index contributed by atoms with van der Waals surface area (Å²) in [5, 5.41) is 8.83. The highest BCUT2D eigenvalue weighted by atomic mass is 79.9. The molecule has 2 saturated carbocycles. The molecule has 4 rings (SSSR count). The normalized spacial score (nSPS) is 15.4. The van der Waals surface area contributed by atoms with Gasteiger partial charge in [-0.15, -0.1) is 0 Å². The maximum absolute atomic E-state index is 12.6. The van der Waals surface area contributed by atoms with Crippen molar-refractivity contribution >= 4 is 47.8 Å². The molecule has 2 aliphatic rings. The zero-order valence-corrected chi connectivity index (χ0v) is 18.0. The van der Waals surface area contributed by atoms with Gasteiger partial charge in [0.25, 0.3) is 0 Å². The lowest BCUT2D eigenvalue weighted by Gasteiger charge is -2.05.